The largest absolute Gasteiger partial charge is 0.343 e. The molecule has 5 rings (SSSR count). The first-order chi connectivity index (χ1) is 13.2. The first kappa shape index (κ1) is 17.0. The Balaban J connectivity index is 1.44. The number of fused-ring (bicyclic) bond motifs is 3. The highest BCUT2D eigenvalue weighted by Gasteiger charge is 2.23. The van der Waals surface area contributed by atoms with E-state index in [-0.39, 0.29) is 5.43 Å². The minimum Gasteiger partial charge on any atom is -0.343 e. The number of aromatic amines is 2. The van der Waals surface area contributed by atoms with E-state index in [2.05, 4.69) is 25.5 Å². The summed E-state index contributed by atoms with van der Waals surface area (Å²) in [7, 11) is 0. The van der Waals surface area contributed by atoms with E-state index in [0.29, 0.717) is 6.04 Å². The van der Waals surface area contributed by atoms with Crippen LogP contribution in [0.15, 0.2) is 47.7 Å². The van der Waals surface area contributed by atoms with Crippen LogP contribution in [0, 0.1) is 0 Å². The van der Waals surface area contributed by atoms with Crippen molar-refractivity contribution >= 4 is 44.9 Å². The third-order valence-electron chi connectivity index (χ3n) is 5.49. The molecule has 0 radical (unpaired) electrons. The summed E-state index contributed by atoms with van der Waals surface area (Å²) < 4.78 is 3.16. The fourth-order valence-electron chi connectivity index (χ4n) is 4.14. The number of H-pyrrole nitrogens is 2. The average Bonchev–Trinajstić information content (AvgIpc) is 3.31. The van der Waals surface area contributed by atoms with Crippen molar-refractivity contribution in [2.75, 3.05) is 13.1 Å². The number of hydrogen-bond acceptors (Lipinski definition) is 3. The fourth-order valence-corrected chi connectivity index (χ4v) is 5.27. The van der Waals surface area contributed by atoms with Gasteiger partial charge in [-0.15, -0.1) is 11.3 Å². The SMILES string of the molecule is O=c1ccn(C2CCN(Cc3ccc(Cl)s3)CC2)c2c1c[nH+]c1[nH]ccc12. The second kappa shape index (κ2) is 6.78. The van der Waals surface area contributed by atoms with E-state index < -0.39 is 0 Å². The van der Waals surface area contributed by atoms with Gasteiger partial charge in [-0.25, -0.2) is 9.97 Å². The first-order valence-corrected chi connectivity index (χ1v) is 10.4. The van der Waals surface area contributed by atoms with Gasteiger partial charge in [-0.3, -0.25) is 9.69 Å². The summed E-state index contributed by atoms with van der Waals surface area (Å²) in [6, 6.07) is 8.22. The Labute approximate surface area is 165 Å². The monoisotopic (exact) mass is 399 g/mol. The van der Waals surface area contributed by atoms with Gasteiger partial charge in [-0.1, -0.05) is 11.6 Å². The molecule has 0 aliphatic carbocycles. The highest BCUT2D eigenvalue weighted by Crippen LogP contribution is 2.30. The number of hydrogen-bond donors (Lipinski definition) is 1. The maximum absolute atomic E-state index is 12.4. The van der Waals surface area contributed by atoms with Gasteiger partial charge in [0.05, 0.1) is 26.8 Å². The Morgan fingerprint density at radius 3 is 2.81 bits per heavy atom. The molecule has 0 bridgehead atoms. The van der Waals surface area contributed by atoms with Gasteiger partial charge in [0.25, 0.3) is 5.65 Å². The zero-order chi connectivity index (χ0) is 18.4. The topological polar surface area (TPSA) is 55.2 Å². The molecule has 27 heavy (non-hydrogen) atoms. The van der Waals surface area contributed by atoms with Crippen LogP contribution < -0.4 is 10.4 Å². The molecule has 5 heterocycles. The van der Waals surface area contributed by atoms with Gasteiger partial charge in [-0.2, -0.15) is 0 Å². The second-order valence-electron chi connectivity index (χ2n) is 7.12. The summed E-state index contributed by atoms with van der Waals surface area (Å²) in [6.07, 6.45) is 7.85. The van der Waals surface area contributed by atoms with Gasteiger partial charge in [0.2, 0.25) is 0 Å². The lowest BCUT2D eigenvalue weighted by Gasteiger charge is -2.33. The molecule has 0 unspecified atom stereocenters. The van der Waals surface area contributed by atoms with Crippen LogP contribution in [0.3, 0.4) is 0 Å². The highest BCUT2D eigenvalue weighted by molar-refractivity contribution is 7.16. The average molecular weight is 400 g/mol. The number of aromatic nitrogens is 3. The van der Waals surface area contributed by atoms with Crippen molar-refractivity contribution in [3.63, 3.8) is 0 Å². The van der Waals surface area contributed by atoms with Crippen LogP contribution in [0.2, 0.25) is 4.34 Å². The molecule has 0 saturated carbocycles. The van der Waals surface area contributed by atoms with E-state index in [4.69, 9.17) is 11.6 Å². The van der Waals surface area contributed by atoms with Crippen LogP contribution >= 0.6 is 22.9 Å². The van der Waals surface area contributed by atoms with Crippen LogP contribution in [0.25, 0.3) is 21.9 Å². The molecule has 0 aromatic carbocycles. The normalized spacial score (nSPS) is 16.5. The molecule has 4 aromatic heterocycles. The summed E-state index contributed by atoms with van der Waals surface area (Å²) >= 11 is 7.72. The summed E-state index contributed by atoms with van der Waals surface area (Å²) in [5.74, 6) is 0. The van der Waals surface area contributed by atoms with Crippen molar-refractivity contribution in [2.45, 2.75) is 25.4 Å². The minimum atomic E-state index is 0.0626. The smallest absolute Gasteiger partial charge is 0.286 e. The fraction of sp³-hybridized carbons (Fsp3) is 0.300. The number of likely N-dealkylation sites (tertiary alicyclic amines) is 1. The molecule has 0 spiro atoms. The van der Waals surface area contributed by atoms with E-state index in [1.807, 2.05) is 30.7 Å². The second-order valence-corrected chi connectivity index (χ2v) is 8.92. The lowest BCUT2D eigenvalue weighted by atomic mass is 10.0. The Hall–Kier alpha value is -2.15. The number of thiophene rings is 1. The van der Waals surface area contributed by atoms with Gasteiger partial charge in [0.1, 0.15) is 6.20 Å². The minimum absolute atomic E-state index is 0.0626. The molecule has 4 aromatic rings. The van der Waals surface area contributed by atoms with Crippen molar-refractivity contribution < 1.29 is 4.98 Å². The van der Waals surface area contributed by atoms with Crippen molar-refractivity contribution in [1.82, 2.24) is 14.5 Å². The number of pyridine rings is 2. The predicted octanol–water partition coefficient (Wildman–Crippen LogP) is 3.85. The Morgan fingerprint density at radius 2 is 2.04 bits per heavy atom. The van der Waals surface area contributed by atoms with Crippen molar-refractivity contribution in [3.8, 4) is 0 Å². The Kier molecular flexibility index (Phi) is 4.27. The van der Waals surface area contributed by atoms with E-state index in [1.54, 1.807) is 17.4 Å². The predicted molar refractivity (Wildman–Crippen MR) is 109 cm³/mol. The molecule has 1 saturated heterocycles. The van der Waals surface area contributed by atoms with Crippen molar-refractivity contribution in [3.05, 3.63) is 62.3 Å². The third kappa shape index (κ3) is 3.08. The number of rotatable bonds is 3. The van der Waals surface area contributed by atoms with E-state index in [0.717, 1.165) is 58.7 Å². The molecule has 138 valence electrons. The molecule has 1 aliphatic heterocycles. The molecular formula is C20H20ClN4OS+. The number of nitrogens with one attached hydrogen (secondary N) is 2. The molecular weight excluding hydrogens is 380 g/mol. The van der Waals surface area contributed by atoms with Crippen molar-refractivity contribution in [1.29, 1.82) is 0 Å². The Bertz CT molecular complexity index is 1170. The maximum Gasteiger partial charge on any atom is 0.286 e. The molecule has 5 nitrogen and oxygen atoms in total. The van der Waals surface area contributed by atoms with E-state index in [9.17, 15) is 4.79 Å². The zero-order valence-electron chi connectivity index (χ0n) is 14.7. The Morgan fingerprint density at radius 1 is 1.19 bits per heavy atom. The van der Waals surface area contributed by atoms with Crippen LogP contribution in [0.1, 0.15) is 23.8 Å². The molecule has 0 atom stereocenters. The molecule has 1 aliphatic rings. The standard InChI is InChI=1S/C20H19ClN4OS/c21-18-2-1-14(27-18)12-24-8-4-13(5-9-24)25-10-6-17(26)16-11-23-20-15(19(16)25)3-7-22-20/h1-3,6-7,10-11,13H,4-5,8-9,12H2,(H,22,23)/p+1. The summed E-state index contributed by atoms with van der Waals surface area (Å²) in [4.78, 5) is 22.6. The lowest BCUT2D eigenvalue weighted by Crippen LogP contribution is -2.34. The molecule has 2 N–H and O–H groups in total. The van der Waals surface area contributed by atoms with Crippen LogP contribution in [0.4, 0.5) is 0 Å². The zero-order valence-corrected chi connectivity index (χ0v) is 16.3. The molecule has 7 heteroatoms. The summed E-state index contributed by atoms with van der Waals surface area (Å²) in [5, 5.41) is 1.82. The van der Waals surface area contributed by atoms with E-state index >= 15 is 0 Å². The highest BCUT2D eigenvalue weighted by atomic mass is 35.5. The van der Waals surface area contributed by atoms with Gasteiger partial charge >= 0.3 is 0 Å². The van der Waals surface area contributed by atoms with Crippen LogP contribution in [-0.2, 0) is 6.54 Å². The third-order valence-corrected chi connectivity index (χ3v) is 6.70. The quantitative estimate of drug-likeness (QED) is 0.569. The van der Waals surface area contributed by atoms with Gasteiger partial charge in [0, 0.05) is 42.8 Å². The lowest BCUT2D eigenvalue weighted by molar-refractivity contribution is -0.345. The number of nitrogens with zero attached hydrogens (tertiary/aromatic N) is 2. The van der Waals surface area contributed by atoms with Gasteiger partial charge < -0.3 is 4.57 Å². The van der Waals surface area contributed by atoms with E-state index in [1.165, 1.54) is 4.88 Å². The first-order valence-electron chi connectivity index (χ1n) is 9.18. The van der Waals surface area contributed by atoms with Gasteiger partial charge in [0.15, 0.2) is 5.43 Å². The maximum atomic E-state index is 12.4. The van der Waals surface area contributed by atoms with Crippen molar-refractivity contribution in [2.24, 2.45) is 0 Å². The number of halogens is 1. The molecule has 1 fully saturated rings. The van der Waals surface area contributed by atoms with Crippen LogP contribution in [0.5, 0.6) is 0 Å². The van der Waals surface area contributed by atoms with Gasteiger partial charge in [-0.05, 0) is 31.0 Å². The molecule has 0 amide bonds. The van der Waals surface area contributed by atoms with Crippen LogP contribution in [-0.4, -0.2) is 27.5 Å². The summed E-state index contributed by atoms with van der Waals surface area (Å²) in [6.45, 7) is 3.05. The number of piperidine rings is 1. The summed E-state index contributed by atoms with van der Waals surface area (Å²) in [5.41, 5.74) is 2.04.